The van der Waals surface area contributed by atoms with Crippen LogP contribution >= 0.6 is 0 Å². The second kappa shape index (κ2) is 8.97. The van der Waals surface area contributed by atoms with Gasteiger partial charge in [-0.25, -0.2) is 8.42 Å². The number of sulfonamides is 1. The van der Waals surface area contributed by atoms with Gasteiger partial charge < -0.3 is 14.2 Å². The number of anilines is 1. The Hall–Kier alpha value is -2.74. The van der Waals surface area contributed by atoms with Crippen LogP contribution in [0.15, 0.2) is 47.4 Å². The normalized spacial score (nSPS) is 11.2. The third-order valence-corrected chi connectivity index (χ3v) is 5.68. The molecule has 0 spiro atoms. The number of carbonyl (C=O) groups excluding carboxylic acids is 1. The highest BCUT2D eigenvalue weighted by molar-refractivity contribution is 7.92. The molecule has 0 saturated carbocycles. The van der Waals surface area contributed by atoms with E-state index in [1.165, 1.54) is 32.4 Å². The van der Waals surface area contributed by atoms with E-state index in [1.54, 1.807) is 38.1 Å². The standard InChI is InChI=1S/C20H25NO6S/c1-14(2)27-20(22)13-21(18-12-16(25-4)8-11-19(18)26-5)28(23,24)17-9-6-15(3)7-10-17/h6-12,14H,13H2,1-5H3. The summed E-state index contributed by atoms with van der Waals surface area (Å²) >= 11 is 0. The van der Waals surface area contributed by atoms with E-state index in [0.29, 0.717) is 5.75 Å². The number of aryl methyl sites for hydroxylation is 1. The fourth-order valence-corrected chi connectivity index (χ4v) is 3.96. The summed E-state index contributed by atoms with van der Waals surface area (Å²) in [6.07, 6.45) is -0.372. The zero-order valence-corrected chi connectivity index (χ0v) is 17.4. The quantitative estimate of drug-likeness (QED) is 0.625. The molecule has 0 N–H and O–H groups in total. The van der Waals surface area contributed by atoms with Gasteiger partial charge in [0, 0.05) is 6.07 Å². The maximum Gasteiger partial charge on any atom is 0.327 e. The molecule has 7 nitrogen and oxygen atoms in total. The summed E-state index contributed by atoms with van der Waals surface area (Å²) in [6, 6.07) is 11.1. The Balaban J connectivity index is 2.60. The highest BCUT2D eigenvalue weighted by atomic mass is 32.2. The van der Waals surface area contributed by atoms with E-state index in [2.05, 4.69) is 0 Å². The number of hydrogen-bond acceptors (Lipinski definition) is 6. The summed E-state index contributed by atoms with van der Waals surface area (Å²) in [5.41, 5.74) is 1.10. The minimum Gasteiger partial charge on any atom is -0.497 e. The molecular formula is C20H25NO6S. The highest BCUT2D eigenvalue weighted by Crippen LogP contribution is 2.35. The Bertz CT molecular complexity index is 922. The molecule has 0 aliphatic rings. The number of rotatable bonds is 8. The molecule has 0 bridgehead atoms. The van der Waals surface area contributed by atoms with Crippen molar-refractivity contribution in [1.29, 1.82) is 0 Å². The molecule has 0 unspecified atom stereocenters. The molecule has 2 rings (SSSR count). The number of methoxy groups -OCH3 is 2. The molecule has 0 radical (unpaired) electrons. The minimum absolute atomic E-state index is 0.0559. The van der Waals surface area contributed by atoms with E-state index < -0.39 is 22.5 Å². The monoisotopic (exact) mass is 407 g/mol. The average Bonchev–Trinajstić information content (AvgIpc) is 2.65. The van der Waals surface area contributed by atoms with Crippen LogP contribution in [0.2, 0.25) is 0 Å². The SMILES string of the molecule is COc1ccc(OC)c(N(CC(=O)OC(C)C)S(=O)(=O)c2ccc(C)cc2)c1. The van der Waals surface area contributed by atoms with Gasteiger partial charge in [-0.1, -0.05) is 17.7 Å². The van der Waals surface area contributed by atoms with Gasteiger partial charge in [-0.3, -0.25) is 9.10 Å². The maximum absolute atomic E-state index is 13.4. The predicted octanol–water partition coefficient (Wildman–Crippen LogP) is 3.16. The van der Waals surface area contributed by atoms with Gasteiger partial charge in [-0.15, -0.1) is 0 Å². The summed E-state index contributed by atoms with van der Waals surface area (Å²) < 4.78 is 43.4. The van der Waals surface area contributed by atoms with Crippen molar-refractivity contribution >= 4 is 21.7 Å². The zero-order valence-electron chi connectivity index (χ0n) is 16.6. The van der Waals surface area contributed by atoms with Crippen LogP contribution in [0.1, 0.15) is 19.4 Å². The number of nitrogens with zero attached hydrogens (tertiary/aromatic N) is 1. The molecule has 0 saturated heterocycles. The van der Waals surface area contributed by atoms with Crippen molar-refractivity contribution in [3.05, 3.63) is 48.0 Å². The zero-order chi connectivity index (χ0) is 20.9. The molecule has 0 fully saturated rings. The Kier molecular flexibility index (Phi) is 6.90. The molecule has 0 amide bonds. The van der Waals surface area contributed by atoms with Gasteiger partial charge in [0.1, 0.15) is 18.0 Å². The average molecular weight is 407 g/mol. The number of benzene rings is 2. The van der Waals surface area contributed by atoms with Gasteiger partial charge in [0.25, 0.3) is 10.0 Å². The molecule has 2 aromatic carbocycles. The minimum atomic E-state index is -4.06. The van der Waals surface area contributed by atoms with Crippen molar-refractivity contribution in [2.24, 2.45) is 0 Å². The molecule has 0 aliphatic heterocycles. The molecule has 8 heteroatoms. The van der Waals surface area contributed by atoms with E-state index in [9.17, 15) is 13.2 Å². The van der Waals surface area contributed by atoms with Crippen molar-refractivity contribution in [3.8, 4) is 11.5 Å². The van der Waals surface area contributed by atoms with Crippen molar-refractivity contribution in [3.63, 3.8) is 0 Å². The van der Waals surface area contributed by atoms with Gasteiger partial charge in [0.2, 0.25) is 0 Å². The second-order valence-corrected chi connectivity index (χ2v) is 8.26. The Morgan fingerprint density at radius 1 is 1.04 bits per heavy atom. The first-order chi connectivity index (χ1) is 13.2. The first-order valence-corrected chi connectivity index (χ1v) is 10.1. The summed E-state index contributed by atoms with van der Waals surface area (Å²) in [4.78, 5) is 12.4. The molecule has 28 heavy (non-hydrogen) atoms. The van der Waals surface area contributed by atoms with Crippen LogP contribution in [0.25, 0.3) is 0 Å². The lowest BCUT2D eigenvalue weighted by molar-refractivity contribution is -0.145. The van der Waals surface area contributed by atoms with Crippen LogP contribution in [0.5, 0.6) is 11.5 Å². The number of hydrogen-bond donors (Lipinski definition) is 0. The van der Waals surface area contributed by atoms with Crippen LogP contribution in [-0.2, 0) is 19.6 Å². The molecule has 152 valence electrons. The predicted molar refractivity (Wildman–Crippen MR) is 106 cm³/mol. The van der Waals surface area contributed by atoms with Gasteiger partial charge >= 0.3 is 5.97 Å². The summed E-state index contributed by atoms with van der Waals surface area (Å²) in [6.45, 7) is 4.75. The van der Waals surface area contributed by atoms with Crippen molar-refractivity contribution in [2.45, 2.75) is 31.8 Å². The van der Waals surface area contributed by atoms with Crippen LogP contribution in [0.3, 0.4) is 0 Å². The smallest absolute Gasteiger partial charge is 0.327 e. The number of carbonyl (C=O) groups is 1. The Morgan fingerprint density at radius 3 is 2.21 bits per heavy atom. The fraction of sp³-hybridized carbons (Fsp3) is 0.350. The van der Waals surface area contributed by atoms with Gasteiger partial charge in [-0.2, -0.15) is 0 Å². The topological polar surface area (TPSA) is 82.1 Å². The molecule has 2 aromatic rings. The van der Waals surface area contributed by atoms with E-state index in [-0.39, 0.29) is 22.4 Å². The highest BCUT2D eigenvalue weighted by Gasteiger charge is 2.30. The molecule has 0 heterocycles. The Labute approximate surface area is 165 Å². The van der Waals surface area contributed by atoms with Crippen LogP contribution < -0.4 is 13.8 Å². The van der Waals surface area contributed by atoms with Crippen LogP contribution in [0.4, 0.5) is 5.69 Å². The van der Waals surface area contributed by atoms with E-state index >= 15 is 0 Å². The van der Waals surface area contributed by atoms with E-state index in [0.717, 1.165) is 9.87 Å². The molecule has 0 aromatic heterocycles. The first kappa shape index (κ1) is 21.6. The third-order valence-electron chi connectivity index (χ3n) is 3.90. The summed E-state index contributed by atoms with van der Waals surface area (Å²) in [5.74, 6) is 0.0431. The van der Waals surface area contributed by atoms with Crippen molar-refractivity contribution in [2.75, 3.05) is 25.1 Å². The van der Waals surface area contributed by atoms with E-state index in [1.807, 2.05) is 6.92 Å². The number of ether oxygens (including phenoxy) is 3. The fourth-order valence-electron chi connectivity index (χ4n) is 2.55. The largest absolute Gasteiger partial charge is 0.497 e. The summed E-state index contributed by atoms with van der Waals surface area (Å²) in [5, 5.41) is 0. The van der Waals surface area contributed by atoms with Crippen molar-refractivity contribution < 1.29 is 27.4 Å². The van der Waals surface area contributed by atoms with E-state index in [4.69, 9.17) is 14.2 Å². The molecular weight excluding hydrogens is 382 g/mol. The lowest BCUT2D eigenvalue weighted by atomic mass is 10.2. The summed E-state index contributed by atoms with van der Waals surface area (Å²) in [7, 11) is -1.17. The Morgan fingerprint density at radius 2 is 1.68 bits per heavy atom. The van der Waals surface area contributed by atoms with Gasteiger partial charge in [0.15, 0.2) is 0 Å². The third kappa shape index (κ3) is 4.95. The van der Waals surface area contributed by atoms with Crippen LogP contribution in [0, 0.1) is 6.92 Å². The van der Waals surface area contributed by atoms with Crippen molar-refractivity contribution in [1.82, 2.24) is 0 Å². The van der Waals surface area contributed by atoms with Crippen LogP contribution in [-0.4, -0.2) is 41.3 Å². The maximum atomic E-state index is 13.4. The molecule has 0 aliphatic carbocycles. The lowest BCUT2D eigenvalue weighted by Gasteiger charge is -2.26. The number of esters is 1. The van der Waals surface area contributed by atoms with Gasteiger partial charge in [-0.05, 0) is 45.0 Å². The first-order valence-electron chi connectivity index (χ1n) is 8.70. The lowest BCUT2D eigenvalue weighted by Crippen LogP contribution is -2.37. The second-order valence-electron chi connectivity index (χ2n) is 6.40. The molecule has 0 atom stereocenters. The van der Waals surface area contributed by atoms with Gasteiger partial charge in [0.05, 0.1) is 30.9 Å².